The minimum absolute atomic E-state index is 0.0546. The van der Waals surface area contributed by atoms with Crippen LogP contribution in [0.2, 0.25) is 0 Å². The molecule has 142 valence electrons. The largest absolute Gasteiger partial charge is 0.513 e. The lowest BCUT2D eigenvalue weighted by atomic mass is 10.2. The van der Waals surface area contributed by atoms with Crippen LogP contribution in [0.4, 0.5) is 9.18 Å². The van der Waals surface area contributed by atoms with E-state index in [4.69, 9.17) is 4.74 Å². The molecule has 2 N–H and O–H groups in total. The second kappa shape index (κ2) is 9.91. The molecule has 0 aliphatic rings. The number of halogens is 1. The Hall–Kier alpha value is -3.42. The molecule has 0 aliphatic heterocycles. The van der Waals surface area contributed by atoms with Crippen molar-refractivity contribution in [2.24, 2.45) is 0 Å². The van der Waals surface area contributed by atoms with Gasteiger partial charge in [-0.15, -0.1) is 0 Å². The quantitative estimate of drug-likeness (QED) is 0.441. The van der Waals surface area contributed by atoms with Crippen LogP contribution in [0.25, 0.3) is 0 Å². The van der Waals surface area contributed by atoms with Crippen molar-refractivity contribution in [2.45, 2.75) is 6.92 Å². The van der Waals surface area contributed by atoms with Crippen LogP contribution < -0.4 is 15.4 Å². The number of rotatable bonds is 7. The Balaban J connectivity index is 1.76. The van der Waals surface area contributed by atoms with Gasteiger partial charge in [0.05, 0.1) is 12.2 Å². The summed E-state index contributed by atoms with van der Waals surface area (Å²) in [7, 11) is 0. The van der Waals surface area contributed by atoms with Gasteiger partial charge in [0.1, 0.15) is 11.6 Å². The zero-order valence-corrected chi connectivity index (χ0v) is 14.7. The first-order chi connectivity index (χ1) is 13.0. The molecule has 2 aromatic rings. The molecule has 0 aliphatic carbocycles. The number of nitrogens with one attached hydrogen (secondary N) is 2. The Bertz CT molecular complexity index is 808. The highest BCUT2D eigenvalue weighted by atomic mass is 19.1. The first kappa shape index (κ1) is 19.9. The van der Waals surface area contributed by atoms with Crippen LogP contribution in [0.1, 0.15) is 27.6 Å². The molecule has 7 nitrogen and oxygen atoms in total. The van der Waals surface area contributed by atoms with E-state index in [-0.39, 0.29) is 36.9 Å². The maximum Gasteiger partial charge on any atom is 0.513 e. The fourth-order valence-electron chi connectivity index (χ4n) is 2.11. The molecule has 0 bridgehead atoms. The maximum atomic E-state index is 13.5. The van der Waals surface area contributed by atoms with Gasteiger partial charge in [-0.2, -0.15) is 0 Å². The number of carbonyl (C=O) groups excluding carboxylic acids is 3. The summed E-state index contributed by atoms with van der Waals surface area (Å²) >= 11 is 0. The predicted molar refractivity (Wildman–Crippen MR) is 95.2 cm³/mol. The van der Waals surface area contributed by atoms with Crippen LogP contribution in [-0.2, 0) is 4.74 Å². The Morgan fingerprint density at radius 2 is 1.56 bits per heavy atom. The van der Waals surface area contributed by atoms with Crippen LogP contribution in [0.3, 0.4) is 0 Å². The van der Waals surface area contributed by atoms with Gasteiger partial charge >= 0.3 is 6.16 Å². The number of amides is 2. The second-order valence-electron chi connectivity index (χ2n) is 5.30. The highest BCUT2D eigenvalue weighted by Crippen LogP contribution is 2.13. The standard InChI is InChI=1S/C19H19FN2O5/c1-2-26-19(25)27-14-9-7-13(8-10-14)17(23)21-11-12-22-18(24)15-5-3-4-6-16(15)20/h3-10H,2,11-12H2,1H3,(H,21,23)(H,22,24). The number of carbonyl (C=O) groups is 3. The van der Waals surface area contributed by atoms with Crippen LogP contribution in [0, 0.1) is 5.82 Å². The lowest BCUT2D eigenvalue weighted by Gasteiger charge is -2.08. The normalized spacial score (nSPS) is 10.0. The fourth-order valence-corrected chi connectivity index (χ4v) is 2.11. The maximum absolute atomic E-state index is 13.5. The zero-order valence-electron chi connectivity index (χ0n) is 14.7. The van der Waals surface area contributed by atoms with Gasteiger partial charge in [0, 0.05) is 18.7 Å². The molecule has 0 atom stereocenters. The first-order valence-corrected chi connectivity index (χ1v) is 8.27. The summed E-state index contributed by atoms with van der Waals surface area (Å²) < 4.78 is 23.0. The highest BCUT2D eigenvalue weighted by Gasteiger charge is 2.11. The van der Waals surface area contributed by atoms with E-state index in [9.17, 15) is 18.8 Å². The van der Waals surface area contributed by atoms with Gasteiger partial charge in [-0.1, -0.05) is 12.1 Å². The number of hydrogen-bond donors (Lipinski definition) is 2. The first-order valence-electron chi connectivity index (χ1n) is 8.27. The van der Waals surface area contributed by atoms with Gasteiger partial charge in [-0.05, 0) is 43.3 Å². The molecule has 2 rings (SSSR count). The van der Waals surface area contributed by atoms with E-state index in [1.54, 1.807) is 13.0 Å². The zero-order chi connectivity index (χ0) is 19.6. The van der Waals surface area contributed by atoms with Crippen molar-refractivity contribution >= 4 is 18.0 Å². The molecule has 0 unspecified atom stereocenters. The number of hydrogen-bond acceptors (Lipinski definition) is 5. The summed E-state index contributed by atoms with van der Waals surface area (Å²) in [4.78, 5) is 35.1. The summed E-state index contributed by atoms with van der Waals surface area (Å²) in [5.41, 5.74) is 0.299. The Morgan fingerprint density at radius 1 is 0.926 bits per heavy atom. The average molecular weight is 374 g/mol. The van der Waals surface area contributed by atoms with Crippen LogP contribution in [0.5, 0.6) is 5.75 Å². The minimum atomic E-state index is -0.819. The lowest BCUT2D eigenvalue weighted by Crippen LogP contribution is -2.35. The molecule has 0 radical (unpaired) electrons. The lowest BCUT2D eigenvalue weighted by molar-refractivity contribution is 0.0925. The van der Waals surface area contributed by atoms with Crippen molar-refractivity contribution in [1.29, 1.82) is 0 Å². The van der Waals surface area contributed by atoms with Gasteiger partial charge in [-0.3, -0.25) is 9.59 Å². The van der Waals surface area contributed by atoms with Crippen molar-refractivity contribution in [1.82, 2.24) is 10.6 Å². The van der Waals surface area contributed by atoms with E-state index < -0.39 is 17.9 Å². The van der Waals surface area contributed by atoms with Gasteiger partial charge in [-0.25, -0.2) is 9.18 Å². The summed E-state index contributed by atoms with van der Waals surface area (Å²) in [5, 5.41) is 5.15. The van der Waals surface area contributed by atoms with Crippen molar-refractivity contribution in [3.8, 4) is 5.75 Å². The van der Waals surface area contributed by atoms with Crippen molar-refractivity contribution in [3.05, 3.63) is 65.5 Å². The number of ether oxygens (including phenoxy) is 2. The van der Waals surface area contributed by atoms with Gasteiger partial charge in [0.15, 0.2) is 0 Å². The predicted octanol–water partition coefficient (Wildman–Crippen LogP) is 2.52. The molecule has 2 aromatic carbocycles. The summed E-state index contributed by atoms with van der Waals surface area (Å²) in [6.07, 6.45) is -0.819. The third-order valence-electron chi connectivity index (χ3n) is 3.39. The van der Waals surface area contributed by atoms with Gasteiger partial charge < -0.3 is 20.1 Å². The minimum Gasteiger partial charge on any atom is -0.434 e. The molecule has 2 amide bonds. The van der Waals surface area contributed by atoms with Crippen molar-refractivity contribution < 1.29 is 28.2 Å². The molecule has 0 saturated heterocycles. The molecule has 8 heteroatoms. The summed E-state index contributed by atoms with van der Waals surface area (Å²) in [5.74, 6) is -1.27. The van der Waals surface area contributed by atoms with E-state index in [1.165, 1.54) is 42.5 Å². The third kappa shape index (κ3) is 6.10. The van der Waals surface area contributed by atoms with E-state index in [2.05, 4.69) is 15.4 Å². The summed E-state index contributed by atoms with van der Waals surface area (Å²) in [6.45, 7) is 2.17. The van der Waals surface area contributed by atoms with Gasteiger partial charge in [0.25, 0.3) is 11.8 Å². The third-order valence-corrected chi connectivity index (χ3v) is 3.39. The van der Waals surface area contributed by atoms with E-state index >= 15 is 0 Å². The Labute approximate surface area is 155 Å². The average Bonchev–Trinajstić information content (AvgIpc) is 2.66. The van der Waals surface area contributed by atoms with E-state index in [0.717, 1.165) is 0 Å². The molecule has 0 heterocycles. The molecule has 0 saturated carbocycles. The van der Waals surface area contributed by atoms with Crippen molar-refractivity contribution in [3.63, 3.8) is 0 Å². The molecule has 0 fully saturated rings. The molecular weight excluding hydrogens is 355 g/mol. The molecule has 0 spiro atoms. The molecule has 27 heavy (non-hydrogen) atoms. The fraction of sp³-hybridized carbons (Fsp3) is 0.211. The topological polar surface area (TPSA) is 93.7 Å². The highest BCUT2D eigenvalue weighted by molar-refractivity contribution is 5.95. The van der Waals surface area contributed by atoms with Gasteiger partial charge in [0.2, 0.25) is 0 Å². The smallest absolute Gasteiger partial charge is 0.434 e. The van der Waals surface area contributed by atoms with E-state index in [0.29, 0.717) is 5.56 Å². The van der Waals surface area contributed by atoms with Crippen molar-refractivity contribution in [2.75, 3.05) is 19.7 Å². The Kier molecular flexibility index (Phi) is 7.30. The SMILES string of the molecule is CCOC(=O)Oc1ccc(C(=O)NCCNC(=O)c2ccccc2F)cc1. The Morgan fingerprint density at radius 3 is 2.19 bits per heavy atom. The molecular formula is C19H19FN2O5. The summed E-state index contributed by atoms with van der Waals surface area (Å²) in [6, 6.07) is 11.5. The van der Waals surface area contributed by atoms with Crippen LogP contribution >= 0.6 is 0 Å². The second-order valence-corrected chi connectivity index (χ2v) is 5.30. The molecule has 0 aromatic heterocycles. The van der Waals surface area contributed by atoms with Crippen LogP contribution in [-0.4, -0.2) is 37.7 Å². The van der Waals surface area contributed by atoms with E-state index in [1.807, 2.05) is 0 Å². The number of benzene rings is 2. The monoisotopic (exact) mass is 374 g/mol. The van der Waals surface area contributed by atoms with Crippen LogP contribution in [0.15, 0.2) is 48.5 Å².